The molecule has 0 spiro atoms. The van der Waals surface area contributed by atoms with Crippen LogP contribution in [0.15, 0.2) is 34.9 Å². The van der Waals surface area contributed by atoms with Crippen molar-refractivity contribution in [1.29, 1.82) is 0 Å². The van der Waals surface area contributed by atoms with E-state index in [4.69, 9.17) is 4.52 Å². The first-order valence-corrected chi connectivity index (χ1v) is 8.85. The molecule has 0 unspecified atom stereocenters. The number of hydrogen-bond acceptors (Lipinski definition) is 4. The second-order valence-corrected chi connectivity index (χ2v) is 6.78. The van der Waals surface area contributed by atoms with E-state index < -0.39 is 0 Å². The molecule has 1 aromatic carbocycles. The zero-order chi connectivity index (χ0) is 17.8. The number of hydrogen-bond donors (Lipinski definition) is 2. The fourth-order valence-electron chi connectivity index (χ4n) is 3.36. The molecule has 1 aromatic heterocycles. The van der Waals surface area contributed by atoms with E-state index in [-0.39, 0.29) is 12.1 Å². The summed E-state index contributed by atoms with van der Waals surface area (Å²) in [6.45, 7) is 8.73. The van der Waals surface area contributed by atoms with Crippen molar-refractivity contribution in [2.24, 2.45) is 5.92 Å². The van der Waals surface area contributed by atoms with E-state index >= 15 is 0 Å². The second-order valence-electron chi connectivity index (χ2n) is 6.78. The minimum absolute atomic E-state index is 0.133. The van der Waals surface area contributed by atoms with Gasteiger partial charge in [0.05, 0.1) is 0 Å². The summed E-state index contributed by atoms with van der Waals surface area (Å²) in [6.07, 6.45) is 0.696. The first kappa shape index (κ1) is 17.5. The molecule has 0 radical (unpaired) electrons. The van der Waals surface area contributed by atoms with Gasteiger partial charge in [0, 0.05) is 32.1 Å². The average molecular weight is 342 g/mol. The van der Waals surface area contributed by atoms with Gasteiger partial charge in [-0.15, -0.1) is 0 Å². The van der Waals surface area contributed by atoms with Crippen LogP contribution in [0, 0.1) is 12.8 Å². The van der Waals surface area contributed by atoms with E-state index in [0.29, 0.717) is 29.5 Å². The molecule has 6 heteroatoms. The van der Waals surface area contributed by atoms with Gasteiger partial charge in [0.2, 0.25) is 0 Å². The van der Waals surface area contributed by atoms with Crippen LogP contribution in [0.2, 0.25) is 0 Å². The highest BCUT2D eigenvalue weighted by Gasteiger charge is 2.31. The molecule has 1 fully saturated rings. The fourth-order valence-corrected chi connectivity index (χ4v) is 3.36. The highest BCUT2D eigenvalue weighted by atomic mass is 16.5. The molecule has 0 bridgehead atoms. The Morgan fingerprint density at radius 1 is 1.32 bits per heavy atom. The van der Waals surface area contributed by atoms with E-state index in [1.807, 2.05) is 19.9 Å². The third-order valence-corrected chi connectivity index (χ3v) is 4.75. The van der Waals surface area contributed by atoms with Crippen molar-refractivity contribution in [2.45, 2.75) is 39.8 Å². The Bertz CT molecular complexity index is 713. The molecular formula is C19H26N4O2. The Balaban J connectivity index is 1.55. The highest BCUT2D eigenvalue weighted by molar-refractivity contribution is 5.90. The first-order chi connectivity index (χ1) is 12.1. The SMILES string of the molecule is CCc1onc(C)c1NC(=O)N[C@@H]1CN(Cc2ccccc2)C[C@H]1C. The number of carbonyl (C=O) groups excluding carboxylic acids is 1. The highest BCUT2D eigenvalue weighted by Crippen LogP contribution is 2.22. The molecular weight excluding hydrogens is 316 g/mol. The van der Waals surface area contributed by atoms with Gasteiger partial charge in [-0.2, -0.15) is 0 Å². The number of anilines is 1. The van der Waals surface area contributed by atoms with Crippen molar-refractivity contribution in [3.8, 4) is 0 Å². The van der Waals surface area contributed by atoms with Crippen molar-refractivity contribution >= 4 is 11.7 Å². The van der Waals surface area contributed by atoms with Crippen LogP contribution in [-0.2, 0) is 13.0 Å². The van der Waals surface area contributed by atoms with Crippen LogP contribution in [0.3, 0.4) is 0 Å². The number of nitrogens with zero attached hydrogens (tertiary/aromatic N) is 2. The Hall–Kier alpha value is -2.34. The summed E-state index contributed by atoms with van der Waals surface area (Å²) in [4.78, 5) is 14.8. The predicted octanol–water partition coefficient (Wildman–Crippen LogP) is 3.19. The van der Waals surface area contributed by atoms with Crippen LogP contribution in [0.4, 0.5) is 10.5 Å². The summed E-state index contributed by atoms with van der Waals surface area (Å²) in [6, 6.07) is 10.4. The summed E-state index contributed by atoms with van der Waals surface area (Å²) in [5, 5.41) is 9.92. The molecule has 1 saturated heterocycles. The number of aromatic nitrogens is 1. The molecule has 6 nitrogen and oxygen atoms in total. The maximum atomic E-state index is 12.4. The molecule has 1 aliphatic rings. The van der Waals surface area contributed by atoms with Crippen LogP contribution in [-0.4, -0.2) is 35.2 Å². The van der Waals surface area contributed by atoms with Gasteiger partial charge in [0.25, 0.3) is 0 Å². The van der Waals surface area contributed by atoms with E-state index in [9.17, 15) is 4.79 Å². The lowest BCUT2D eigenvalue weighted by Crippen LogP contribution is -2.42. The van der Waals surface area contributed by atoms with Crippen LogP contribution in [0.25, 0.3) is 0 Å². The third kappa shape index (κ3) is 4.20. The molecule has 1 aliphatic heterocycles. The largest absolute Gasteiger partial charge is 0.359 e. The maximum absolute atomic E-state index is 12.4. The van der Waals surface area contributed by atoms with Crippen LogP contribution < -0.4 is 10.6 Å². The van der Waals surface area contributed by atoms with E-state index in [2.05, 4.69) is 51.9 Å². The van der Waals surface area contributed by atoms with Gasteiger partial charge in [-0.05, 0) is 18.4 Å². The van der Waals surface area contributed by atoms with Gasteiger partial charge in [0.15, 0.2) is 5.76 Å². The predicted molar refractivity (Wildman–Crippen MR) is 97.4 cm³/mol. The monoisotopic (exact) mass is 342 g/mol. The standard InChI is InChI=1S/C19H26N4O2/c1-4-17-18(14(3)22-25-17)21-19(24)20-16-12-23(10-13(16)2)11-15-8-6-5-7-9-15/h5-9,13,16H,4,10-12H2,1-3H3,(H2,20,21,24)/t13-,16-/m1/s1. The summed E-state index contributed by atoms with van der Waals surface area (Å²) in [5.74, 6) is 1.11. The second kappa shape index (κ2) is 7.70. The number of nitrogens with one attached hydrogen (secondary N) is 2. The van der Waals surface area contributed by atoms with E-state index in [1.54, 1.807) is 0 Å². The minimum atomic E-state index is -0.195. The van der Waals surface area contributed by atoms with Crippen molar-refractivity contribution < 1.29 is 9.32 Å². The van der Waals surface area contributed by atoms with Gasteiger partial charge < -0.3 is 15.2 Å². The number of urea groups is 1. The molecule has 3 rings (SSSR count). The van der Waals surface area contributed by atoms with E-state index in [0.717, 1.165) is 19.6 Å². The zero-order valence-electron chi connectivity index (χ0n) is 15.1. The number of aryl methyl sites for hydroxylation is 2. The topological polar surface area (TPSA) is 70.4 Å². The molecule has 2 heterocycles. The summed E-state index contributed by atoms with van der Waals surface area (Å²) < 4.78 is 5.22. The van der Waals surface area contributed by atoms with Crippen molar-refractivity contribution in [1.82, 2.24) is 15.4 Å². The third-order valence-electron chi connectivity index (χ3n) is 4.75. The molecule has 2 amide bonds. The number of likely N-dealkylation sites (tertiary alicyclic amines) is 1. The van der Waals surface area contributed by atoms with Gasteiger partial charge in [0.1, 0.15) is 11.4 Å². The van der Waals surface area contributed by atoms with Crippen LogP contribution in [0.1, 0.15) is 30.9 Å². The Morgan fingerprint density at radius 3 is 2.80 bits per heavy atom. The van der Waals surface area contributed by atoms with Gasteiger partial charge in [-0.3, -0.25) is 4.90 Å². The van der Waals surface area contributed by atoms with Crippen molar-refractivity contribution in [2.75, 3.05) is 18.4 Å². The number of benzene rings is 1. The molecule has 25 heavy (non-hydrogen) atoms. The number of rotatable bonds is 5. The molecule has 2 atom stereocenters. The zero-order valence-corrected chi connectivity index (χ0v) is 15.1. The number of carbonyl (C=O) groups is 1. The molecule has 2 aromatic rings. The summed E-state index contributed by atoms with van der Waals surface area (Å²) in [5.41, 5.74) is 2.69. The van der Waals surface area contributed by atoms with E-state index in [1.165, 1.54) is 5.56 Å². The minimum Gasteiger partial charge on any atom is -0.359 e. The van der Waals surface area contributed by atoms with Gasteiger partial charge >= 0.3 is 6.03 Å². The average Bonchev–Trinajstić information content (AvgIpc) is 3.11. The lowest BCUT2D eigenvalue weighted by atomic mass is 10.1. The first-order valence-electron chi connectivity index (χ1n) is 8.85. The molecule has 0 aliphatic carbocycles. The van der Waals surface area contributed by atoms with Crippen LogP contribution >= 0.6 is 0 Å². The summed E-state index contributed by atoms with van der Waals surface area (Å²) >= 11 is 0. The Labute approximate surface area is 148 Å². The number of amides is 2. The molecule has 134 valence electrons. The normalized spacial score (nSPS) is 20.6. The Morgan fingerprint density at radius 2 is 2.08 bits per heavy atom. The Kier molecular flexibility index (Phi) is 5.38. The van der Waals surface area contributed by atoms with Crippen molar-refractivity contribution in [3.05, 3.63) is 47.3 Å². The smallest absolute Gasteiger partial charge is 0.319 e. The summed E-state index contributed by atoms with van der Waals surface area (Å²) in [7, 11) is 0. The quantitative estimate of drug-likeness (QED) is 0.875. The van der Waals surface area contributed by atoms with Gasteiger partial charge in [-0.25, -0.2) is 4.79 Å². The molecule has 2 N–H and O–H groups in total. The van der Waals surface area contributed by atoms with Gasteiger partial charge in [-0.1, -0.05) is 49.3 Å². The van der Waals surface area contributed by atoms with Crippen LogP contribution in [0.5, 0.6) is 0 Å². The van der Waals surface area contributed by atoms with Crippen molar-refractivity contribution in [3.63, 3.8) is 0 Å². The fraction of sp³-hybridized carbons (Fsp3) is 0.474. The lowest BCUT2D eigenvalue weighted by molar-refractivity contribution is 0.246. The lowest BCUT2D eigenvalue weighted by Gasteiger charge is -2.18. The molecule has 0 saturated carbocycles. The maximum Gasteiger partial charge on any atom is 0.319 e.